The zero-order valence-electron chi connectivity index (χ0n) is 34.5. The second-order valence-electron chi connectivity index (χ2n) is 16.9. The third-order valence-corrected chi connectivity index (χ3v) is 18.5. The van der Waals surface area contributed by atoms with E-state index in [1.165, 1.54) is 28.7 Å². The third-order valence-electron chi connectivity index (χ3n) is 11.7. The summed E-state index contributed by atoms with van der Waals surface area (Å²) in [5.41, 5.74) is 0.621. The van der Waals surface area contributed by atoms with Crippen LogP contribution < -0.4 is 16.2 Å². The standard InChI is InChI=1S/C44H55ClN4O7S2Si/c1-43(2,3)59(5,6)56-36(31-16-19-35(50)41-32(31)17-20-39(51)48-41)27-46-26-28-11-18-34(33(45)25-28)47-40(52)21-22-49(4)29-12-14-30(15-13-29)55-42(53)44(54,37-9-7-23-57-37)38-10-8-24-58-38/h7-11,16-20,23-25,29-30,36,46,50,54H,12-15,21-22,26-27H2,1-6H3,(H,47,52)(H,48,51)/t29?,30?,36-/m1/s1. The smallest absolute Gasteiger partial charge is 0.349 e. The highest BCUT2D eigenvalue weighted by atomic mass is 35.5. The van der Waals surface area contributed by atoms with Crippen LogP contribution in [0, 0.1) is 0 Å². The lowest BCUT2D eigenvalue weighted by Crippen LogP contribution is -2.43. The molecule has 3 heterocycles. The maximum Gasteiger partial charge on any atom is 0.349 e. The summed E-state index contributed by atoms with van der Waals surface area (Å²) < 4.78 is 12.8. The first-order valence-electron chi connectivity index (χ1n) is 20.0. The minimum absolute atomic E-state index is 0.00425. The van der Waals surface area contributed by atoms with Crippen molar-refractivity contribution in [3.63, 3.8) is 0 Å². The van der Waals surface area contributed by atoms with E-state index >= 15 is 0 Å². The number of phenols is 1. The molecule has 1 aliphatic rings. The zero-order valence-corrected chi connectivity index (χ0v) is 37.9. The molecule has 11 nitrogen and oxygen atoms in total. The average molecular weight is 880 g/mol. The minimum Gasteiger partial charge on any atom is -0.506 e. The molecule has 5 N–H and O–H groups in total. The number of thiophene rings is 2. The Hall–Kier alpha value is -3.86. The molecule has 6 rings (SSSR count). The summed E-state index contributed by atoms with van der Waals surface area (Å²) in [7, 11) is -0.228. The molecule has 1 fully saturated rings. The number of fused-ring (bicyclic) bond motifs is 1. The maximum atomic E-state index is 13.4. The molecule has 0 saturated heterocycles. The van der Waals surface area contributed by atoms with Crippen molar-refractivity contribution in [3.05, 3.63) is 114 Å². The van der Waals surface area contributed by atoms with E-state index in [0.29, 0.717) is 58.5 Å². The van der Waals surface area contributed by atoms with Crippen LogP contribution in [-0.2, 0) is 30.9 Å². The fourth-order valence-corrected chi connectivity index (χ4v) is 10.4. The molecule has 0 unspecified atom stereocenters. The van der Waals surface area contributed by atoms with Crippen LogP contribution in [0.2, 0.25) is 23.2 Å². The molecule has 1 aliphatic carbocycles. The number of esters is 1. The normalized spacial score (nSPS) is 17.0. The number of rotatable bonds is 16. The Kier molecular flexibility index (Phi) is 14.2. The zero-order chi connectivity index (χ0) is 42.5. The van der Waals surface area contributed by atoms with Gasteiger partial charge in [-0.3, -0.25) is 9.59 Å². The van der Waals surface area contributed by atoms with E-state index in [0.717, 1.165) is 29.4 Å². The van der Waals surface area contributed by atoms with Gasteiger partial charge in [0.25, 0.3) is 0 Å². The molecule has 0 spiro atoms. The predicted octanol–water partition coefficient (Wildman–Crippen LogP) is 8.91. The Morgan fingerprint density at radius 3 is 2.29 bits per heavy atom. The van der Waals surface area contributed by atoms with Gasteiger partial charge in [0.2, 0.25) is 17.1 Å². The van der Waals surface area contributed by atoms with Gasteiger partial charge >= 0.3 is 5.97 Å². The van der Waals surface area contributed by atoms with Crippen LogP contribution in [0.4, 0.5) is 5.69 Å². The lowest BCUT2D eigenvalue weighted by molar-refractivity contribution is -0.169. The predicted molar refractivity (Wildman–Crippen MR) is 240 cm³/mol. The van der Waals surface area contributed by atoms with E-state index in [-0.39, 0.29) is 46.9 Å². The maximum absolute atomic E-state index is 13.4. The molecule has 15 heteroatoms. The summed E-state index contributed by atoms with van der Waals surface area (Å²) in [4.78, 5) is 44.6. The number of aliphatic hydroxyl groups is 1. The van der Waals surface area contributed by atoms with Crippen LogP contribution >= 0.6 is 34.3 Å². The highest BCUT2D eigenvalue weighted by Gasteiger charge is 2.45. The van der Waals surface area contributed by atoms with Gasteiger partial charge in [0.15, 0.2) is 8.32 Å². The number of pyridine rings is 1. The summed E-state index contributed by atoms with van der Waals surface area (Å²) in [6.45, 7) is 12.5. The van der Waals surface area contributed by atoms with Crippen molar-refractivity contribution in [1.82, 2.24) is 15.2 Å². The van der Waals surface area contributed by atoms with Gasteiger partial charge in [0.1, 0.15) is 11.9 Å². The number of hydrogen-bond donors (Lipinski definition) is 5. The number of carbonyl (C=O) groups is 2. The van der Waals surface area contributed by atoms with E-state index in [9.17, 15) is 24.6 Å². The number of ether oxygens (including phenoxy) is 1. The average Bonchev–Trinajstić information content (AvgIpc) is 3.94. The molecule has 316 valence electrons. The molecule has 5 aromatic rings. The van der Waals surface area contributed by atoms with Gasteiger partial charge in [-0.1, -0.05) is 56.6 Å². The molecule has 0 radical (unpaired) electrons. The number of aromatic hydroxyl groups is 1. The molecule has 3 aromatic heterocycles. The topological polar surface area (TPSA) is 153 Å². The van der Waals surface area contributed by atoms with Crippen LogP contribution in [-0.4, -0.2) is 72.6 Å². The lowest BCUT2D eigenvalue weighted by Gasteiger charge is -2.39. The van der Waals surface area contributed by atoms with Crippen molar-refractivity contribution >= 4 is 71.1 Å². The van der Waals surface area contributed by atoms with E-state index in [2.05, 4.69) is 54.4 Å². The fourth-order valence-electron chi connectivity index (χ4n) is 7.21. The second kappa shape index (κ2) is 18.8. The Morgan fingerprint density at radius 2 is 1.68 bits per heavy atom. The first-order chi connectivity index (χ1) is 28.0. The van der Waals surface area contributed by atoms with Crippen molar-refractivity contribution in [2.24, 2.45) is 0 Å². The van der Waals surface area contributed by atoms with Gasteiger partial charge in [-0.05, 0) is 109 Å². The van der Waals surface area contributed by atoms with Gasteiger partial charge in [0, 0.05) is 43.5 Å². The lowest BCUT2D eigenvalue weighted by atomic mass is 9.91. The number of H-pyrrole nitrogens is 1. The first-order valence-corrected chi connectivity index (χ1v) is 25.0. The van der Waals surface area contributed by atoms with Crippen molar-refractivity contribution in [2.45, 2.75) is 101 Å². The molecule has 0 bridgehead atoms. The van der Waals surface area contributed by atoms with Crippen LogP contribution in [0.1, 0.15) is 79.9 Å². The number of halogens is 1. The summed E-state index contributed by atoms with van der Waals surface area (Å²) in [6.07, 6.45) is 2.61. The molecular weight excluding hydrogens is 824 g/mol. The number of amides is 1. The molecule has 59 heavy (non-hydrogen) atoms. The van der Waals surface area contributed by atoms with Crippen LogP contribution in [0.15, 0.2) is 82.3 Å². The number of nitrogens with one attached hydrogen (secondary N) is 3. The van der Waals surface area contributed by atoms with Gasteiger partial charge < -0.3 is 39.9 Å². The van der Waals surface area contributed by atoms with E-state index < -0.39 is 19.9 Å². The Morgan fingerprint density at radius 1 is 1.00 bits per heavy atom. The first kappa shape index (κ1) is 44.7. The monoisotopic (exact) mass is 878 g/mol. The highest BCUT2D eigenvalue weighted by molar-refractivity contribution is 7.12. The molecule has 1 amide bonds. The number of carbonyl (C=O) groups excluding carboxylic acids is 2. The van der Waals surface area contributed by atoms with Crippen molar-refractivity contribution in [2.75, 3.05) is 25.5 Å². The van der Waals surface area contributed by atoms with E-state index in [1.54, 1.807) is 24.3 Å². The third kappa shape index (κ3) is 10.5. The van der Waals surface area contributed by atoms with Crippen molar-refractivity contribution < 1.29 is 29.0 Å². The number of anilines is 1. The molecule has 1 saturated carbocycles. The number of nitrogens with zero attached hydrogens (tertiary/aromatic N) is 1. The molecule has 1 atom stereocenters. The van der Waals surface area contributed by atoms with Gasteiger partial charge in [-0.15, -0.1) is 22.7 Å². The molecule has 2 aromatic carbocycles. The Bertz CT molecular complexity index is 2230. The largest absolute Gasteiger partial charge is 0.506 e. The SMILES string of the molecule is CN(CCC(=O)Nc1ccc(CNC[C@@H](O[Si](C)(C)C(C)(C)C)c2ccc(O)c3[nH]c(=O)ccc23)cc1Cl)C1CCC(OC(=O)C(O)(c2cccs2)c2cccs2)CC1. The quantitative estimate of drug-likeness (QED) is 0.0483. The van der Waals surface area contributed by atoms with Crippen LogP contribution in [0.3, 0.4) is 0 Å². The van der Waals surface area contributed by atoms with Crippen molar-refractivity contribution in [3.8, 4) is 5.75 Å². The van der Waals surface area contributed by atoms with Crippen LogP contribution in [0.25, 0.3) is 10.9 Å². The van der Waals surface area contributed by atoms with Gasteiger partial charge in [0.05, 0.1) is 32.1 Å². The van der Waals surface area contributed by atoms with E-state index in [1.807, 2.05) is 54.2 Å². The highest BCUT2D eigenvalue weighted by Crippen LogP contribution is 2.42. The Labute approximate surface area is 359 Å². The van der Waals surface area contributed by atoms with Crippen molar-refractivity contribution in [1.29, 1.82) is 0 Å². The second-order valence-corrected chi connectivity index (χ2v) is 23.9. The summed E-state index contributed by atoms with van der Waals surface area (Å²) >= 11 is 9.34. The van der Waals surface area contributed by atoms with Gasteiger partial charge in [-0.25, -0.2) is 4.79 Å². The van der Waals surface area contributed by atoms with E-state index in [4.69, 9.17) is 20.8 Å². The number of phenolic OH excluding ortho intramolecular Hbond substituents is 1. The summed E-state index contributed by atoms with van der Waals surface area (Å²) in [6, 6.07) is 19.6. The number of hydrogen-bond acceptors (Lipinski definition) is 11. The number of aromatic amines is 1. The van der Waals surface area contributed by atoms with Gasteiger partial charge in [-0.2, -0.15) is 0 Å². The van der Waals surface area contributed by atoms with Crippen LogP contribution in [0.5, 0.6) is 5.75 Å². The fraction of sp³-hybridized carbons (Fsp3) is 0.432. The summed E-state index contributed by atoms with van der Waals surface area (Å²) in [5.74, 6) is -0.773. The number of benzene rings is 2. The molecular formula is C44H55ClN4O7S2Si. The number of aromatic nitrogens is 1. The molecule has 0 aliphatic heterocycles. The minimum atomic E-state index is -2.24. The Balaban J connectivity index is 0.985. The summed E-state index contributed by atoms with van der Waals surface area (Å²) in [5, 5.41) is 33.4.